The predicted molar refractivity (Wildman–Crippen MR) is 74.9 cm³/mol. The van der Waals surface area contributed by atoms with Crippen molar-refractivity contribution in [3.63, 3.8) is 0 Å². The Bertz CT molecular complexity index is 399. The highest BCUT2D eigenvalue weighted by atomic mass is 32.2. The van der Waals surface area contributed by atoms with Crippen molar-refractivity contribution in [1.29, 1.82) is 0 Å². The Labute approximate surface area is 116 Å². The lowest BCUT2D eigenvalue weighted by Crippen LogP contribution is -2.53. The fourth-order valence-corrected chi connectivity index (χ4v) is 5.19. The zero-order valence-electron chi connectivity index (χ0n) is 12.0. The molecule has 0 spiro atoms. The highest BCUT2D eigenvalue weighted by Crippen LogP contribution is 2.28. The van der Waals surface area contributed by atoms with Crippen LogP contribution in [0.2, 0.25) is 0 Å². The number of rotatable bonds is 3. The van der Waals surface area contributed by atoms with Crippen LogP contribution < -0.4 is 0 Å². The summed E-state index contributed by atoms with van der Waals surface area (Å²) in [7, 11) is -3.35. The smallest absolute Gasteiger partial charge is 0.282 e. The first-order valence-electron chi connectivity index (χ1n) is 7.33. The van der Waals surface area contributed by atoms with Crippen LogP contribution in [-0.4, -0.2) is 54.4 Å². The minimum atomic E-state index is -3.35. The number of piperidine rings is 2. The molecule has 6 heteroatoms. The van der Waals surface area contributed by atoms with Gasteiger partial charge in [-0.15, -0.1) is 0 Å². The van der Waals surface area contributed by atoms with Gasteiger partial charge in [-0.3, -0.25) is 0 Å². The molecule has 0 amide bonds. The van der Waals surface area contributed by atoms with E-state index in [1.165, 1.54) is 0 Å². The molecule has 2 heterocycles. The van der Waals surface area contributed by atoms with Crippen molar-refractivity contribution in [2.24, 2.45) is 11.8 Å². The molecule has 3 atom stereocenters. The SMILES string of the molecule is CC1CCN(S(=O)(=O)N2CCCC(CO)C2)C(C)C1. The Balaban J connectivity index is 2.08. The predicted octanol–water partition coefficient (Wildman–Crippen LogP) is 1.06. The molecule has 0 bridgehead atoms. The fraction of sp³-hybridized carbons (Fsp3) is 1.00. The van der Waals surface area contributed by atoms with E-state index in [0.29, 0.717) is 25.6 Å². The van der Waals surface area contributed by atoms with Gasteiger partial charge in [0.2, 0.25) is 0 Å². The number of hydrogen-bond donors (Lipinski definition) is 1. The molecule has 1 N–H and O–H groups in total. The Hall–Kier alpha value is -0.170. The van der Waals surface area contributed by atoms with Crippen LogP contribution in [0.1, 0.15) is 39.5 Å². The molecule has 0 aromatic heterocycles. The molecule has 2 rings (SSSR count). The van der Waals surface area contributed by atoms with Gasteiger partial charge >= 0.3 is 0 Å². The van der Waals surface area contributed by atoms with Crippen LogP contribution in [0.5, 0.6) is 0 Å². The molecule has 5 nitrogen and oxygen atoms in total. The van der Waals surface area contributed by atoms with Gasteiger partial charge in [0, 0.05) is 32.3 Å². The monoisotopic (exact) mass is 290 g/mol. The quantitative estimate of drug-likeness (QED) is 0.845. The standard InChI is InChI=1S/C13H26N2O3S/c1-11-5-7-15(12(2)8-11)19(17,18)14-6-3-4-13(9-14)10-16/h11-13,16H,3-10H2,1-2H3. The molecule has 19 heavy (non-hydrogen) atoms. The van der Waals surface area contributed by atoms with Gasteiger partial charge in [0.15, 0.2) is 0 Å². The van der Waals surface area contributed by atoms with Crippen molar-refractivity contribution in [3.05, 3.63) is 0 Å². The minimum absolute atomic E-state index is 0.0820. The molecule has 0 aromatic carbocycles. The molecular weight excluding hydrogens is 264 g/mol. The third-order valence-electron chi connectivity index (χ3n) is 4.44. The molecule has 2 saturated heterocycles. The first kappa shape index (κ1) is 15.2. The summed E-state index contributed by atoms with van der Waals surface area (Å²) in [4.78, 5) is 0. The zero-order chi connectivity index (χ0) is 14.0. The molecule has 112 valence electrons. The van der Waals surface area contributed by atoms with E-state index in [0.717, 1.165) is 25.7 Å². The third kappa shape index (κ3) is 3.29. The van der Waals surface area contributed by atoms with E-state index in [1.807, 2.05) is 6.92 Å². The molecule has 0 radical (unpaired) electrons. The largest absolute Gasteiger partial charge is 0.396 e. The summed E-state index contributed by atoms with van der Waals surface area (Å²) in [5, 5.41) is 9.24. The number of nitrogens with zero attached hydrogens (tertiary/aromatic N) is 2. The number of aliphatic hydroxyl groups is 1. The first-order chi connectivity index (χ1) is 8.95. The van der Waals surface area contributed by atoms with Crippen LogP contribution in [0.25, 0.3) is 0 Å². The Morgan fingerprint density at radius 3 is 2.58 bits per heavy atom. The van der Waals surface area contributed by atoms with Crippen molar-refractivity contribution in [2.75, 3.05) is 26.2 Å². The maximum atomic E-state index is 12.7. The van der Waals surface area contributed by atoms with Gasteiger partial charge < -0.3 is 5.11 Å². The Kier molecular flexibility index (Phi) is 4.87. The van der Waals surface area contributed by atoms with Crippen LogP contribution in [0.4, 0.5) is 0 Å². The lowest BCUT2D eigenvalue weighted by molar-refractivity contribution is 0.151. The zero-order valence-corrected chi connectivity index (χ0v) is 12.8. The second kappa shape index (κ2) is 6.08. The van der Waals surface area contributed by atoms with Crippen LogP contribution in [0, 0.1) is 11.8 Å². The van der Waals surface area contributed by atoms with Crippen molar-refractivity contribution in [3.8, 4) is 0 Å². The molecule has 2 fully saturated rings. The normalized spacial score (nSPS) is 35.4. The highest BCUT2D eigenvalue weighted by molar-refractivity contribution is 7.86. The average molecular weight is 290 g/mol. The van der Waals surface area contributed by atoms with Gasteiger partial charge in [0.05, 0.1) is 0 Å². The van der Waals surface area contributed by atoms with Gasteiger partial charge in [0.1, 0.15) is 0 Å². The Morgan fingerprint density at radius 1 is 1.21 bits per heavy atom. The van der Waals surface area contributed by atoms with Gasteiger partial charge in [-0.1, -0.05) is 6.92 Å². The molecule has 0 saturated carbocycles. The van der Waals surface area contributed by atoms with Crippen LogP contribution in [0.15, 0.2) is 0 Å². The van der Waals surface area contributed by atoms with E-state index in [9.17, 15) is 13.5 Å². The van der Waals surface area contributed by atoms with E-state index in [2.05, 4.69) is 6.92 Å². The van der Waals surface area contributed by atoms with Gasteiger partial charge in [0.25, 0.3) is 10.2 Å². The van der Waals surface area contributed by atoms with E-state index < -0.39 is 10.2 Å². The third-order valence-corrected chi connectivity index (χ3v) is 6.56. The first-order valence-corrected chi connectivity index (χ1v) is 8.72. The lowest BCUT2D eigenvalue weighted by Gasteiger charge is -2.40. The summed E-state index contributed by atoms with van der Waals surface area (Å²) in [6.07, 6.45) is 3.66. The van der Waals surface area contributed by atoms with E-state index in [4.69, 9.17) is 0 Å². The summed E-state index contributed by atoms with van der Waals surface area (Å²) in [6, 6.07) is 0.0863. The molecule has 2 aliphatic heterocycles. The van der Waals surface area contributed by atoms with Crippen LogP contribution in [-0.2, 0) is 10.2 Å². The van der Waals surface area contributed by atoms with Crippen molar-refractivity contribution >= 4 is 10.2 Å². The second-order valence-electron chi connectivity index (χ2n) is 6.15. The van der Waals surface area contributed by atoms with Crippen LogP contribution >= 0.6 is 0 Å². The molecule has 2 aliphatic rings. The van der Waals surface area contributed by atoms with Crippen LogP contribution in [0.3, 0.4) is 0 Å². The lowest BCUT2D eigenvalue weighted by atomic mass is 9.95. The number of hydrogen-bond acceptors (Lipinski definition) is 3. The van der Waals surface area contributed by atoms with Gasteiger partial charge in [-0.05, 0) is 44.4 Å². The topological polar surface area (TPSA) is 60.9 Å². The molecule has 3 unspecified atom stereocenters. The van der Waals surface area contributed by atoms with Crippen molar-refractivity contribution < 1.29 is 13.5 Å². The maximum absolute atomic E-state index is 12.7. The summed E-state index contributed by atoms with van der Waals surface area (Å²) >= 11 is 0. The van der Waals surface area contributed by atoms with E-state index >= 15 is 0 Å². The van der Waals surface area contributed by atoms with Gasteiger partial charge in [-0.25, -0.2) is 0 Å². The van der Waals surface area contributed by atoms with Crippen molar-refractivity contribution in [2.45, 2.75) is 45.6 Å². The highest BCUT2D eigenvalue weighted by Gasteiger charge is 2.38. The van der Waals surface area contributed by atoms with E-state index in [1.54, 1.807) is 8.61 Å². The van der Waals surface area contributed by atoms with E-state index in [-0.39, 0.29) is 18.6 Å². The molecule has 0 aliphatic carbocycles. The summed E-state index contributed by atoms with van der Waals surface area (Å²) in [5.74, 6) is 0.704. The van der Waals surface area contributed by atoms with Gasteiger partial charge in [-0.2, -0.15) is 17.0 Å². The number of aliphatic hydroxyl groups excluding tert-OH is 1. The minimum Gasteiger partial charge on any atom is -0.396 e. The average Bonchev–Trinajstić information content (AvgIpc) is 2.38. The molecule has 0 aromatic rings. The summed E-state index contributed by atoms with van der Waals surface area (Å²) in [5.41, 5.74) is 0. The maximum Gasteiger partial charge on any atom is 0.282 e. The Morgan fingerprint density at radius 2 is 1.95 bits per heavy atom. The second-order valence-corrected chi connectivity index (χ2v) is 8.03. The fourth-order valence-electron chi connectivity index (χ4n) is 3.26. The van der Waals surface area contributed by atoms with Crippen molar-refractivity contribution in [1.82, 2.24) is 8.61 Å². The summed E-state index contributed by atoms with van der Waals surface area (Å²) < 4.78 is 28.6. The summed E-state index contributed by atoms with van der Waals surface area (Å²) in [6.45, 7) is 5.96. The molecular formula is C13H26N2O3S.